The van der Waals surface area contributed by atoms with Gasteiger partial charge in [-0.25, -0.2) is 0 Å². The molecule has 0 saturated carbocycles. The number of methoxy groups -OCH3 is 1. The largest absolute Gasteiger partial charge is 0.459 e. The molecule has 3 rings (SSSR count). The van der Waals surface area contributed by atoms with Gasteiger partial charge in [-0.1, -0.05) is 54.6 Å². The summed E-state index contributed by atoms with van der Waals surface area (Å²) in [5.74, 6) is 0.0142. The van der Waals surface area contributed by atoms with E-state index in [0.29, 0.717) is 26.2 Å². The number of nitrogens with one attached hydrogen (secondary N) is 1. The second-order valence-electron chi connectivity index (χ2n) is 6.87. The summed E-state index contributed by atoms with van der Waals surface area (Å²) in [4.78, 5) is 12.5. The Kier molecular flexibility index (Phi) is 7.81. The van der Waals surface area contributed by atoms with Crippen molar-refractivity contribution in [3.63, 3.8) is 0 Å². The highest BCUT2D eigenvalue weighted by Crippen LogP contribution is 2.31. The molecule has 1 aliphatic rings. The van der Waals surface area contributed by atoms with Crippen molar-refractivity contribution in [1.29, 1.82) is 0 Å². The lowest BCUT2D eigenvalue weighted by Crippen LogP contribution is -2.34. The number of benzene rings is 2. The van der Waals surface area contributed by atoms with Crippen molar-refractivity contribution in [2.24, 2.45) is 0 Å². The van der Waals surface area contributed by atoms with Crippen molar-refractivity contribution < 1.29 is 24.1 Å². The number of carbonyl (C=O) groups is 1. The Bertz CT molecular complexity index is 804. The maximum atomic E-state index is 12.5. The van der Waals surface area contributed by atoms with E-state index in [0.717, 1.165) is 16.7 Å². The van der Waals surface area contributed by atoms with E-state index < -0.39 is 6.29 Å². The van der Waals surface area contributed by atoms with Gasteiger partial charge >= 0.3 is 0 Å². The van der Waals surface area contributed by atoms with E-state index in [-0.39, 0.29) is 24.2 Å². The van der Waals surface area contributed by atoms with Crippen LogP contribution in [0.5, 0.6) is 0 Å². The Morgan fingerprint density at radius 3 is 2.55 bits per heavy atom. The van der Waals surface area contributed by atoms with Crippen LogP contribution in [-0.4, -0.2) is 37.6 Å². The lowest BCUT2D eigenvalue weighted by Gasteiger charge is -2.29. The molecule has 6 heteroatoms. The third kappa shape index (κ3) is 6.15. The Labute approximate surface area is 171 Å². The number of amides is 1. The summed E-state index contributed by atoms with van der Waals surface area (Å²) in [6, 6.07) is 17.6. The van der Waals surface area contributed by atoms with Gasteiger partial charge in [0, 0.05) is 26.0 Å². The molecule has 0 aromatic heterocycles. The third-order valence-electron chi connectivity index (χ3n) is 4.74. The van der Waals surface area contributed by atoms with E-state index in [1.165, 1.54) is 0 Å². The summed E-state index contributed by atoms with van der Waals surface area (Å²) in [5, 5.41) is 12.0. The molecule has 2 N–H and O–H groups in total. The summed E-state index contributed by atoms with van der Waals surface area (Å²) < 4.78 is 16.8. The van der Waals surface area contributed by atoms with Crippen molar-refractivity contribution in [3.8, 4) is 0 Å². The molecule has 1 amide bonds. The molecule has 1 heterocycles. The molecule has 6 nitrogen and oxygen atoms in total. The monoisotopic (exact) mass is 397 g/mol. The van der Waals surface area contributed by atoms with Crippen LogP contribution in [0.3, 0.4) is 0 Å². The van der Waals surface area contributed by atoms with E-state index in [1.54, 1.807) is 7.11 Å². The van der Waals surface area contributed by atoms with Crippen molar-refractivity contribution in [2.45, 2.75) is 31.8 Å². The zero-order chi connectivity index (χ0) is 20.5. The summed E-state index contributed by atoms with van der Waals surface area (Å²) in [6.45, 7) is 1.22. The molecule has 2 aromatic rings. The summed E-state index contributed by atoms with van der Waals surface area (Å²) in [5.41, 5.74) is 2.94. The predicted molar refractivity (Wildman–Crippen MR) is 109 cm³/mol. The average Bonchev–Trinajstić information content (AvgIpc) is 2.78. The second-order valence-corrected chi connectivity index (χ2v) is 6.87. The van der Waals surface area contributed by atoms with Gasteiger partial charge in [-0.05, 0) is 22.8 Å². The first-order chi connectivity index (χ1) is 14.2. The number of aliphatic hydroxyl groups excluding tert-OH is 1. The molecule has 29 heavy (non-hydrogen) atoms. The van der Waals surface area contributed by atoms with Crippen LogP contribution in [0.25, 0.3) is 0 Å². The molecular formula is C23H27NO5. The SMILES string of the molecule is COCCNC(=O)C1=C[C@H](c2ccccc2)C[C@H](OCc2ccc(CO)cc2)O1. The van der Waals surface area contributed by atoms with Crippen LogP contribution in [0, 0.1) is 0 Å². The molecule has 0 saturated heterocycles. The van der Waals surface area contributed by atoms with Gasteiger partial charge in [-0.15, -0.1) is 0 Å². The maximum absolute atomic E-state index is 12.5. The number of ether oxygens (including phenoxy) is 3. The van der Waals surface area contributed by atoms with Crippen molar-refractivity contribution in [3.05, 3.63) is 83.1 Å². The molecule has 0 aliphatic carbocycles. The highest BCUT2D eigenvalue weighted by molar-refractivity contribution is 5.91. The summed E-state index contributed by atoms with van der Waals surface area (Å²) in [7, 11) is 1.59. The lowest BCUT2D eigenvalue weighted by molar-refractivity contribution is -0.150. The van der Waals surface area contributed by atoms with E-state index in [9.17, 15) is 4.79 Å². The molecule has 2 aromatic carbocycles. The van der Waals surface area contributed by atoms with Crippen LogP contribution in [-0.2, 0) is 32.2 Å². The van der Waals surface area contributed by atoms with E-state index >= 15 is 0 Å². The van der Waals surface area contributed by atoms with Gasteiger partial charge < -0.3 is 24.6 Å². The van der Waals surface area contributed by atoms with Gasteiger partial charge in [0.15, 0.2) is 5.76 Å². The minimum atomic E-state index is -0.536. The van der Waals surface area contributed by atoms with Crippen molar-refractivity contribution in [1.82, 2.24) is 5.32 Å². The fraction of sp³-hybridized carbons (Fsp3) is 0.348. The normalized spacial score (nSPS) is 18.6. The molecule has 0 bridgehead atoms. The van der Waals surface area contributed by atoms with Crippen LogP contribution in [0.1, 0.15) is 29.0 Å². The quantitative estimate of drug-likeness (QED) is 0.637. The zero-order valence-corrected chi connectivity index (χ0v) is 16.5. The van der Waals surface area contributed by atoms with Gasteiger partial charge in [0.2, 0.25) is 6.29 Å². The van der Waals surface area contributed by atoms with Crippen LogP contribution in [0.4, 0.5) is 0 Å². The standard InChI is InChI=1S/C23H27NO5/c1-27-12-11-24-23(26)21-13-20(19-5-3-2-4-6-19)14-22(29-21)28-16-18-9-7-17(15-25)8-10-18/h2-10,13,20,22,25H,11-12,14-16H2,1H3,(H,24,26)/t20-,22+/m0/s1. The topological polar surface area (TPSA) is 77.0 Å². The van der Waals surface area contributed by atoms with Gasteiger partial charge in [0.1, 0.15) is 0 Å². The van der Waals surface area contributed by atoms with Crippen LogP contribution < -0.4 is 5.32 Å². The van der Waals surface area contributed by atoms with E-state index in [2.05, 4.69) is 5.32 Å². The Morgan fingerprint density at radius 2 is 1.86 bits per heavy atom. The fourth-order valence-electron chi connectivity index (χ4n) is 3.13. The van der Waals surface area contributed by atoms with Crippen LogP contribution in [0.15, 0.2) is 66.4 Å². The van der Waals surface area contributed by atoms with Gasteiger partial charge in [-0.2, -0.15) is 0 Å². The predicted octanol–water partition coefficient (Wildman–Crippen LogP) is 2.87. The summed E-state index contributed by atoms with van der Waals surface area (Å²) >= 11 is 0. The molecule has 0 spiro atoms. The van der Waals surface area contributed by atoms with Gasteiger partial charge in [-0.3, -0.25) is 4.79 Å². The minimum absolute atomic E-state index is 0.0119. The number of allylic oxidation sites excluding steroid dienone is 1. The minimum Gasteiger partial charge on any atom is -0.459 e. The van der Waals surface area contributed by atoms with Gasteiger partial charge in [0.25, 0.3) is 5.91 Å². The average molecular weight is 397 g/mol. The van der Waals surface area contributed by atoms with Crippen LogP contribution >= 0.6 is 0 Å². The number of aliphatic hydroxyl groups is 1. The first kappa shape index (κ1) is 21.0. The zero-order valence-electron chi connectivity index (χ0n) is 16.5. The van der Waals surface area contributed by atoms with Crippen LogP contribution in [0.2, 0.25) is 0 Å². The number of rotatable bonds is 9. The number of hydrogen-bond donors (Lipinski definition) is 2. The van der Waals surface area contributed by atoms with E-state index in [1.807, 2.05) is 60.7 Å². The van der Waals surface area contributed by atoms with Gasteiger partial charge in [0.05, 0.1) is 19.8 Å². The smallest absolute Gasteiger partial charge is 0.286 e. The highest BCUT2D eigenvalue weighted by atomic mass is 16.7. The Hall–Kier alpha value is -2.67. The molecular weight excluding hydrogens is 370 g/mol. The fourth-order valence-corrected chi connectivity index (χ4v) is 3.13. The molecule has 0 fully saturated rings. The lowest BCUT2D eigenvalue weighted by atomic mass is 9.93. The first-order valence-electron chi connectivity index (χ1n) is 9.70. The molecule has 154 valence electrons. The highest BCUT2D eigenvalue weighted by Gasteiger charge is 2.28. The maximum Gasteiger partial charge on any atom is 0.286 e. The number of carbonyl (C=O) groups excluding carboxylic acids is 1. The molecule has 0 unspecified atom stereocenters. The Balaban J connectivity index is 1.68. The second kappa shape index (κ2) is 10.8. The van der Waals surface area contributed by atoms with E-state index in [4.69, 9.17) is 19.3 Å². The number of hydrogen-bond acceptors (Lipinski definition) is 5. The third-order valence-corrected chi connectivity index (χ3v) is 4.74. The molecule has 1 aliphatic heterocycles. The van der Waals surface area contributed by atoms with Crippen molar-refractivity contribution >= 4 is 5.91 Å². The summed E-state index contributed by atoms with van der Waals surface area (Å²) in [6.07, 6.45) is 1.94. The molecule has 0 radical (unpaired) electrons. The first-order valence-corrected chi connectivity index (χ1v) is 9.70. The Morgan fingerprint density at radius 1 is 1.14 bits per heavy atom. The molecule has 2 atom stereocenters. The van der Waals surface area contributed by atoms with Crippen molar-refractivity contribution in [2.75, 3.05) is 20.3 Å².